The number of benzene rings is 1. The summed E-state index contributed by atoms with van der Waals surface area (Å²) in [5, 5.41) is 17.0. The summed E-state index contributed by atoms with van der Waals surface area (Å²) in [7, 11) is 0. The van der Waals surface area contributed by atoms with Gasteiger partial charge in [0.2, 0.25) is 5.88 Å². The maximum Gasteiger partial charge on any atom is 0.219 e. The molecule has 0 radical (unpaired) electrons. The molecule has 7 nitrogen and oxygen atoms in total. The molecule has 0 amide bonds. The van der Waals surface area contributed by atoms with Gasteiger partial charge in [-0.15, -0.1) is 24.0 Å². The van der Waals surface area contributed by atoms with Crippen LogP contribution in [0.15, 0.2) is 64.1 Å². The van der Waals surface area contributed by atoms with Crippen molar-refractivity contribution >= 4 is 29.9 Å². The van der Waals surface area contributed by atoms with E-state index in [4.69, 9.17) is 9.15 Å². The quantitative estimate of drug-likeness (QED) is 0.216. The highest BCUT2D eigenvalue weighted by atomic mass is 127. The van der Waals surface area contributed by atoms with Crippen molar-refractivity contribution in [3.63, 3.8) is 0 Å². The Bertz CT molecular complexity index is 1020. The number of hydrogen-bond donors (Lipinski definition) is 3. The number of ether oxygens (including phenoxy) is 1. The molecule has 1 aromatic carbocycles. The van der Waals surface area contributed by atoms with Crippen LogP contribution in [0, 0.1) is 12.7 Å². The monoisotopic (exact) mass is 554 g/mol. The van der Waals surface area contributed by atoms with Gasteiger partial charge in [-0.1, -0.05) is 12.1 Å². The second kappa shape index (κ2) is 11.8. The Hall–Kier alpha value is -2.66. The van der Waals surface area contributed by atoms with E-state index in [2.05, 4.69) is 20.6 Å². The lowest BCUT2D eigenvalue weighted by Crippen LogP contribution is -2.44. The van der Waals surface area contributed by atoms with E-state index in [0.29, 0.717) is 36.4 Å². The van der Waals surface area contributed by atoms with Gasteiger partial charge in [0.25, 0.3) is 0 Å². The molecular formula is C23H28FIN4O3. The van der Waals surface area contributed by atoms with E-state index < -0.39 is 5.60 Å². The van der Waals surface area contributed by atoms with Gasteiger partial charge in [-0.05, 0) is 50.6 Å². The minimum absolute atomic E-state index is 0. The standard InChI is InChI=1S/C23H27FN4O3.HI/c1-4-25-22(28-15-23(3,29)20-10-8-16(2)30-20)27-14-17-9-11-21(26-13-17)31-19-7-5-6-18(24)12-19;/h5-13,29H,4,14-15H2,1-3H3,(H2,25,27,28);1H. The molecule has 32 heavy (non-hydrogen) atoms. The second-order valence-corrected chi connectivity index (χ2v) is 7.30. The van der Waals surface area contributed by atoms with Gasteiger partial charge in [-0.25, -0.2) is 14.4 Å². The van der Waals surface area contributed by atoms with Gasteiger partial charge in [-0.2, -0.15) is 0 Å². The molecule has 0 aliphatic rings. The van der Waals surface area contributed by atoms with Crippen LogP contribution < -0.4 is 15.4 Å². The number of aliphatic imine (C=N–C) groups is 1. The molecule has 0 bridgehead atoms. The first-order valence-electron chi connectivity index (χ1n) is 10.1. The fraction of sp³-hybridized carbons (Fsp3) is 0.304. The van der Waals surface area contributed by atoms with E-state index in [0.717, 1.165) is 11.3 Å². The largest absolute Gasteiger partial charge is 0.463 e. The highest BCUT2D eigenvalue weighted by Crippen LogP contribution is 2.22. The minimum atomic E-state index is -1.18. The maximum atomic E-state index is 13.3. The zero-order valence-electron chi connectivity index (χ0n) is 18.3. The van der Waals surface area contributed by atoms with Gasteiger partial charge in [0.05, 0.1) is 13.1 Å². The zero-order chi connectivity index (χ0) is 22.3. The predicted octanol–water partition coefficient (Wildman–Crippen LogP) is 4.50. The summed E-state index contributed by atoms with van der Waals surface area (Å²) in [5.41, 5.74) is -0.306. The van der Waals surface area contributed by atoms with Gasteiger partial charge < -0.3 is 24.9 Å². The average Bonchev–Trinajstić information content (AvgIpc) is 3.19. The van der Waals surface area contributed by atoms with E-state index in [-0.39, 0.29) is 36.3 Å². The molecule has 3 aromatic rings. The Kier molecular flexibility index (Phi) is 9.45. The molecule has 2 aromatic heterocycles. The Morgan fingerprint density at radius 2 is 2.03 bits per heavy atom. The van der Waals surface area contributed by atoms with Crippen molar-refractivity contribution in [2.24, 2.45) is 4.99 Å². The highest BCUT2D eigenvalue weighted by Gasteiger charge is 2.27. The van der Waals surface area contributed by atoms with Crippen LogP contribution in [-0.2, 0) is 12.1 Å². The van der Waals surface area contributed by atoms with Crippen molar-refractivity contribution in [2.75, 3.05) is 13.1 Å². The van der Waals surface area contributed by atoms with E-state index in [1.165, 1.54) is 12.1 Å². The van der Waals surface area contributed by atoms with E-state index >= 15 is 0 Å². The summed E-state index contributed by atoms with van der Waals surface area (Å²) in [5.74, 6) is 2.18. The molecule has 0 aliphatic carbocycles. The fourth-order valence-corrected chi connectivity index (χ4v) is 2.80. The number of nitrogens with zero attached hydrogens (tertiary/aromatic N) is 2. The summed E-state index contributed by atoms with van der Waals surface area (Å²) in [6.45, 7) is 6.76. The van der Waals surface area contributed by atoms with Gasteiger partial charge in [0, 0.05) is 24.9 Å². The van der Waals surface area contributed by atoms with Crippen LogP contribution >= 0.6 is 24.0 Å². The number of aryl methyl sites for hydroxylation is 1. The zero-order valence-corrected chi connectivity index (χ0v) is 20.6. The van der Waals surface area contributed by atoms with Crippen LogP contribution in [-0.4, -0.2) is 29.1 Å². The third-order valence-corrected chi connectivity index (χ3v) is 4.45. The number of rotatable bonds is 8. The topological polar surface area (TPSA) is 91.9 Å². The normalized spacial score (nSPS) is 13.1. The number of aromatic nitrogens is 1. The summed E-state index contributed by atoms with van der Waals surface area (Å²) < 4.78 is 24.3. The summed E-state index contributed by atoms with van der Waals surface area (Å²) in [4.78, 5) is 8.78. The van der Waals surface area contributed by atoms with Gasteiger partial charge in [0.1, 0.15) is 28.7 Å². The lowest BCUT2D eigenvalue weighted by atomic mass is 10.0. The molecule has 0 saturated carbocycles. The maximum absolute atomic E-state index is 13.3. The molecule has 0 fully saturated rings. The molecule has 1 unspecified atom stereocenters. The summed E-state index contributed by atoms with van der Waals surface area (Å²) in [6.07, 6.45) is 1.66. The number of guanidine groups is 1. The SMILES string of the molecule is CCNC(=NCc1ccc(Oc2cccc(F)c2)nc1)NCC(C)(O)c1ccc(C)o1.I. The first-order valence-corrected chi connectivity index (χ1v) is 10.1. The van der Waals surface area contributed by atoms with Gasteiger partial charge in [-0.3, -0.25) is 0 Å². The third kappa shape index (κ3) is 7.49. The number of aliphatic hydroxyl groups is 1. The predicted molar refractivity (Wildman–Crippen MR) is 132 cm³/mol. The number of halogens is 2. The van der Waals surface area contributed by atoms with Crippen molar-refractivity contribution in [3.8, 4) is 11.6 Å². The van der Waals surface area contributed by atoms with Gasteiger partial charge >= 0.3 is 0 Å². The number of pyridine rings is 1. The summed E-state index contributed by atoms with van der Waals surface area (Å²) in [6, 6.07) is 13.0. The Morgan fingerprint density at radius 1 is 1.22 bits per heavy atom. The Morgan fingerprint density at radius 3 is 2.66 bits per heavy atom. The minimum Gasteiger partial charge on any atom is -0.463 e. The van der Waals surface area contributed by atoms with Crippen LogP contribution in [0.2, 0.25) is 0 Å². The van der Waals surface area contributed by atoms with Crippen molar-refractivity contribution < 1.29 is 18.7 Å². The van der Waals surface area contributed by atoms with Crippen LogP contribution in [0.25, 0.3) is 0 Å². The van der Waals surface area contributed by atoms with E-state index in [1.54, 1.807) is 37.4 Å². The number of nitrogens with one attached hydrogen (secondary N) is 2. The second-order valence-electron chi connectivity index (χ2n) is 7.30. The van der Waals surface area contributed by atoms with Crippen molar-refractivity contribution in [1.82, 2.24) is 15.6 Å². The molecule has 3 rings (SSSR count). The van der Waals surface area contributed by atoms with E-state index in [9.17, 15) is 9.50 Å². The molecule has 9 heteroatoms. The molecule has 2 heterocycles. The van der Waals surface area contributed by atoms with Crippen molar-refractivity contribution in [2.45, 2.75) is 32.9 Å². The van der Waals surface area contributed by atoms with Crippen LogP contribution in [0.1, 0.15) is 30.9 Å². The average molecular weight is 554 g/mol. The molecule has 0 saturated heterocycles. The molecule has 172 valence electrons. The molecular weight excluding hydrogens is 526 g/mol. The highest BCUT2D eigenvalue weighted by molar-refractivity contribution is 14.0. The van der Waals surface area contributed by atoms with Crippen LogP contribution in [0.3, 0.4) is 0 Å². The lowest BCUT2D eigenvalue weighted by Gasteiger charge is -2.22. The van der Waals surface area contributed by atoms with Crippen LogP contribution in [0.5, 0.6) is 11.6 Å². The Balaban J connectivity index is 0.00000363. The lowest BCUT2D eigenvalue weighted by molar-refractivity contribution is 0.0378. The smallest absolute Gasteiger partial charge is 0.219 e. The van der Waals surface area contributed by atoms with E-state index in [1.807, 2.05) is 26.0 Å². The first kappa shape index (κ1) is 25.6. The molecule has 0 spiro atoms. The Labute approximate surface area is 204 Å². The number of hydrogen-bond acceptors (Lipinski definition) is 5. The van der Waals surface area contributed by atoms with Gasteiger partial charge in [0.15, 0.2) is 5.96 Å². The molecule has 1 atom stereocenters. The third-order valence-electron chi connectivity index (χ3n) is 4.45. The summed E-state index contributed by atoms with van der Waals surface area (Å²) >= 11 is 0. The number of furan rings is 1. The first-order chi connectivity index (χ1) is 14.9. The molecule has 0 aliphatic heterocycles. The fourth-order valence-electron chi connectivity index (χ4n) is 2.80. The molecule has 3 N–H and O–H groups in total. The van der Waals surface area contributed by atoms with Crippen molar-refractivity contribution in [1.29, 1.82) is 0 Å². The van der Waals surface area contributed by atoms with Crippen molar-refractivity contribution in [3.05, 3.63) is 77.6 Å². The van der Waals surface area contributed by atoms with Crippen LogP contribution in [0.4, 0.5) is 4.39 Å².